The Morgan fingerprint density at radius 2 is 1.68 bits per heavy atom. The minimum Gasteiger partial charge on any atom is -0.481 e. The van der Waals surface area contributed by atoms with Gasteiger partial charge in [0.05, 0.1) is 5.92 Å². The van der Waals surface area contributed by atoms with Gasteiger partial charge >= 0.3 is 24.1 Å². The summed E-state index contributed by atoms with van der Waals surface area (Å²) in [6, 6.07) is 0. The lowest BCUT2D eigenvalue weighted by molar-refractivity contribution is -0.192. The van der Waals surface area contributed by atoms with Gasteiger partial charge in [0.1, 0.15) is 5.54 Å². The van der Waals surface area contributed by atoms with Crippen LogP contribution in [-0.4, -0.2) is 44.9 Å². The maximum Gasteiger partial charge on any atom is 0.490 e. The van der Waals surface area contributed by atoms with Crippen LogP contribution < -0.4 is 5.73 Å². The number of alkyl halides is 3. The first-order chi connectivity index (χ1) is 11.4. The number of nitrogens with two attached hydrogens (primary N) is 1. The Kier molecular flexibility index (Phi) is 6.44. The fourth-order valence-corrected chi connectivity index (χ4v) is 4.13. The predicted octanol–water partition coefficient (Wildman–Crippen LogP) is 1.95. The van der Waals surface area contributed by atoms with Crippen LogP contribution in [0.5, 0.6) is 0 Å². The van der Waals surface area contributed by atoms with Crippen molar-refractivity contribution in [2.45, 2.75) is 50.7 Å². The molecule has 0 aromatic rings. The maximum atomic E-state index is 11.5. The molecule has 2 rings (SSSR count). The molecular weight excluding hydrogens is 347 g/mol. The lowest BCUT2D eigenvalue weighted by Gasteiger charge is -2.39. The van der Waals surface area contributed by atoms with Crippen LogP contribution in [0.2, 0.25) is 0 Å². The molecule has 2 bridgehead atoms. The molecule has 0 heterocycles. The predicted molar refractivity (Wildman–Crippen MR) is 78.6 cm³/mol. The smallest absolute Gasteiger partial charge is 0.481 e. The Morgan fingerprint density at radius 3 is 2.04 bits per heavy atom. The molecule has 1 unspecified atom stereocenters. The molecule has 0 aliphatic heterocycles. The molecule has 0 aromatic heterocycles. The molecule has 0 aromatic carbocycles. The van der Waals surface area contributed by atoms with Crippen molar-refractivity contribution in [2.24, 2.45) is 29.4 Å². The summed E-state index contributed by atoms with van der Waals surface area (Å²) >= 11 is 0. The van der Waals surface area contributed by atoms with Crippen LogP contribution in [0.1, 0.15) is 39.0 Å². The molecule has 144 valence electrons. The summed E-state index contributed by atoms with van der Waals surface area (Å²) in [5, 5.41) is 25.7. The molecule has 25 heavy (non-hydrogen) atoms. The second-order valence-electron chi connectivity index (χ2n) is 6.60. The second-order valence-corrected chi connectivity index (χ2v) is 6.60. The number of fused-ring (bicyclic) bond motifs is 2. The van der Waals surface area contributed by atoms with E-state index in [0.717, 1.165) is 25.7 Å². The van der Waals surface area contributed by atoms with E-state index >= 15 is 0 Å². The fraction of sp³-hybridized carbons (Fsp3) is 0.800. The number of hydrogen-bond acceptors (Lipinski definition) is 4. The Labute approximate surface area is 142 Å². The van der Waals surface area contributed by atoms with Crippen LogP contribution in [0.25, 0.3) is 0 Å². The highest BCUT2D eigenvalue weighted by atomic mass is 19.4. The molecular formula is C15H22F3NO6. The standard InChI is InChI=1S/C13H21NO4.C2HF3O2/c1-2-3-4-7-5-8-6-9(7)13(14,12(17)18)10(8)11(15)16;3-2(4,5)1(6)7/h7-10H,2-6,14H2,1H3,(H,15,16)(H,17,18);(H,6,7)/t7-,8+,9?,10-,13-;/m1./s1. The highest BCUT2D eigenvalue weighted by molar-refractivity contribution is 5.88. The van der Waals surface area contributed by atoms with Crippen molar-refractivity contribution in [2.75, 3.05) is 0 Å². The van der Waals surface area contributed by atoms with E-state index in [2.05, 4.69) is 6.92 Å². The molecule has 5 atom stereocenters. The molecule has 2 fully saturated rings. The van der Waals surface area contributed by atoms with Gasteiger partial charge in [-0.15, -0.1) is 0 Å². The summed E-state index contributed by atoms with van der Waals surface area (Å²) in [5.41, 5.74) is 4.45. The third-order valence-corrected chi connectivity index (χ3v) is 5.14. The summed E-state index contributed by atoms with van der Waals surface area (Å²) < 4.78 is 31.7. The third kappa shape index (κ3) is 4.23. The van der Waals surface area contributed by atoms with Gasteiger partial charge < -0.3 is 21.1 Å². The summed E-state index contributed by atoms with van der Waals surface area (Å²) in [5.74, 6) is -5.83. The van der Waals surface area contributed by atoms with Crippen molar-refractivity contribution < 1.29 is 42.9 Å². The third-order valence-electron chi connectivity index (χ3n) is 5.14. The largest absolute Gasteiger partial charge is 0.490 e. The lowest BCUT2D eigenvalue weighted by atomic mass is 9.67. The number of rotatable bonds is 5. The summed E-state index contributed by atoms with van der Waals surface area (Å²) in [4.78, 5) is 31.6. The Bertz CT molecular complexity index is 538. The Balaban J connectivity index is 0.000000381. The zero-order chi connectivity index (χ0) is 19.6. The minimum atomic E-state index is -5.08. The number of hydrogen-bond donors (Lipinski definition) is 4. The van der Waals surface area contributed by atoms with Gasteiger partial charge in [0.25, 0.3) is 0 Å². The van der Waals surface area contributed by atoms with Gasteiger partial charge in [-0.25, -0.2) is 4.79 Å². The van der Waals surface area contributed by atoms with E-state index in [9.17, 15) is 33.0 Å². The molecule has 7 nitrogen and oxygen atoms in total. The van der Waals surface area contributed by atoms with Crippen LogP contribution in [0.15, 0.2) is 0 Å². The van der Waals surface area contributed by atoms with Crippen LogP contribution in [-0.2, 0) is 14.4 Å². The summed E-state index contributed by atoms with van der Waals surface area (Å²) in [6.07, 6.45) is -0.500. The Hall–Kier alpha value is -1.84. The average molecular weight is 369 g/mol. The molecule has 2 aliphatic carbocycles. The molecule has 0 saturated heterocycles. The van der Waals surface area contributed by atoms with E-state index in [-0.39, 0.29) is 17.8 Å². The van der Waals surface area contributed by atoms with Gasteiger partial charge in [-0.3, -0.25) is 9.59 Å². The molecule has 2 saturated carbocycles. The van der Waals surface area contributed by atoms with Gasteiger partial charge in [0.15, 0.2) is 0 Å². The molecule has 2 aliphatic rings. The number of halogens is 3. The highest BCUT2D eigenvalue weighted by Gasteiger charge is 2.66. The minimum absolute atomic E-state index is 0.0598. The molecule has 0 spiro atoms. The summed E-state index contributed by atoms with van der Waals surface area (Å²) in [6.45, 7) is 2.10. The van der Waals surface area contributed by atoms with Crippen LogP contribution in [0.3, 0.4) is 0 Å². The average Bonchev–Trinajstić information content (AvgIpc) is 3.00. The van der Waals surface area contributed by atoms with Crippen molar-refractivity contribution >= 4 is 17.9 Å². The normalized spacial score (nSPS) is 33.5. The van der Waals surface area contributed by atoms with Gasteiger partial charge in [-0.2, -0.15) is 13.2 Å². The number of carbonyl (C=O) groups is 3. The lowest BCUT2D eigenvalue weighted by Crippen LogP contribution is -2.61. The van der Waals surface area contributed by atoms with Crippen molar-refractivity contribution in [3.63, 3.8) is 0 Å². The first-order valence-electron chi connectivity index (χ1n) is 7.92. The number of aliphatic carboxylic acids is 3. The monoisotopic (exact) mass is 369 g/mol. The van der Waals surface area contributed by atoms with Crippen LogP contribution >= 0.6 is 0 Å². The van der Waals surface area contributed by atoms with Crippen LogP contribution in [0, 0.1) is 23.7 Å². The quantitative estimate of drug-likeness (QED) is 0.581. The van der Waals surface area contributed by atoms with E-state index in [4.69, 9.17) is 15.6 Å². The number of carboxylic acids is 3. The zero-order valence-electron chi connectivity index (χ0n) is 13.6. The first kappa shape index (κ1) is 21.2. The maximum absolute atomic E-state index is 11.5. The molecule has 0 radical (unpaired) electrons. The number of unbranched alkanes of at least 4 members (excludes halogenated alkanes) is 1. The molecule has 5 N–H and O–H groups in total. The van der Waals surface area contributed by atoms with Crippen LogP contribution in [0.4, 0.5) is 13.2 Å². The van der Waals surface area contributed by atoms with Crippen molar-refractivity contribution in [1.29, 1.82) is 0 Å². The first-order valence-corrected chi connectivity index (χ1v) is 7.92. The number of carboxylic acid groups (broad SMARTS) is 3. The Morgan fingerprint density at radius 1 is 1.16 bits per heavy atom. The fourth-order valence-electron chi connectivity index (χ4n) is 4.13. The van der Waals surface area contributed by atoms with Gasteiger partial charge in [-0.1, -0.05) is 26.2 Å². The SMILES string of the molecule is CCCC[C@@H]1C[C@H]2CC1[C@](N)(C(=O)O)[C@H]2C(=O)O.O=C(O)C(F)(F)F. The topological polar surface area (TPSA) is 138 Å². The van der Waals surface area contributed by atoms with E-state index in [1.54, 1.807) is 0 Å². The van der Waals surface area contributed by atoms with E-state index in [1.165, 1.54) is 0 Å². The van der Waals surface area contributed by atoms with Crippen molar-refractivity contribution in [1.82, 2.24) is 0 Å². The molecule has 0 amide bonds. The van der Waals surface area contributed by atoms with Gasteiger partial charge in [0, 0.05) is 0 Å². The van der Waals surface area contributed by atoms with E-state index in [0.29, 0.717) is 6.42 Å². The van der Waals surface area contributed by atoms with Gasteiger partial charge in [0.2, 0.25) is 0 Å². The second kappa shape index (κ2) is 7.59. The van der Waals surface area contributed by atoms with E-state index < -0.39 is 35.5 Å². The zero-order valence-corrected chi connectivity index (χ0v) is 13.6. The molecule has 10 heteroatoms. The highest BCUT2D eigenvalue weighted by Crippen LogP contribution is 2.57. The summed E-state index contributed by atoms with van der Waals surface area (Å²) in [7, 11) is 0. The van der Waals surface area contributed by atoms with Gasteiger partial charge in [-0.05, 0) is 30.6 Å². The van der Waals surface area contributed by atoms with Crippen molar-refractivity contribution in [3.05, 3.63) is 0 Å². The van der Waals surface area contributed by atoms with Crippen molar-refractivity contribution in [3.8, 4) is 0 Å². The van der Waals surface area contributed by atoms with E-state index in [1.807, 2.05) is 0 Å².